The van der Waals surface area contributed by atoms with Crippen LogP contribution in [-0.4, -0.2) is 37.1 Å². The second-order valence-electron chi connectivity index (χ2n) is 5.58. The number of likely N-dealkylation sites (tertiary alicyclic amines) is 1. The monoisotopic (exact) mass is 213 g/mol. The van der Waals surface area contributed by atoms with Crippen LogP contribution >= 0.6 is 0 Å². The molecule has 15 heavy (non-hydrogen) atoms. The molecule has 0 aromatic rings. The van der Waals surface area contributed by atoms with Crippen LogP contribution in [0.1, 0.15) is 40.0 Å². The summed E-state index contributed by atoms with van der Waals surface area (Å²) in [5.41, 5.74) is 0.0806. The third kappa shape index (κ3) is 3.82. The molecule has 0 N–H and O–H groups in total. The minimum Gasteiger partial charge on any atom is -0.383 e. The van der Waals surface area contributed by atoms with Crippen LogP contribution in [0.5, 0.6) is 0 Å². The Hall–Kier alpha value is -0.570. The number of nitrogens with zero attached hydrogens (tertiary/aromatic N) is 1. The number of carbonyl (C=O) groups is 1. The lowest BCUT2D eigenvalue weighted by atomic mass is 9.91. The van der Waals surface area contributed by atoms with Crippen LogP contribution in [0.2, 0.25) is 0 Å². The second-order valence-corrected chi connectivity index (χ2v) is 5.58. The molecule has 0 aliphatic carbocycles. The molecule has 0 spiro atoms. The van der Waals surface area contributed by atoms with Crippen molar-refractivity contribution in [3.8, 4) is 0 Å². The van der Waals surface area contributed by atoms with Gasteiger partial charge < -0.3 is 9.64 Å². The summed E-state index contributed by atoms with van der Waals surface area (Å²) in [5, 5.41) is 0. The van der Waals surface area contributed by atoms with Crippen molar-refractivity contribution in [2.45, 2.75) is 46.1 Å². The fourth-order valence-electron chi connectivity index (χ4n) is 2.08. The van der Waals surface area contributed by atoms with Gasteiger partial charge in [-0.25, -0.2) is 0 Å². The van der Waals surface area contributed by atoms with Crippen LogP contribution in [0.15, 0.2) is 0 Å². The van der Waals surface area contributed by atoms with Gasteiger partial charge >= 0.3 is 0 Å². The fourth-order valence-corrected chi connectivity index (χ4v) is 2.08. The molecule has 0 saturated carbocycles. The van der Waals surface area contributed by atoms with Crippen LogP contribution in [0.3, 0.4) is 0 Å². The minimum atomic E-state index is 0.0806. The first-order valence-electron chi connectivity index (χ1n) is 5.72. The van der Waals surface area contributed by atoms with E-state index in [1.807, 2.05) is 4.90 Å². The minimum absolute atomic E-state index is 0.0806. The van der Waals surface area contributed by atoms with Gasteiger partial charge in [0, 0.05) is 20.1 Å². The highest BCUT2D eigenvalue weighted by Gasteiger charge is 2.30. The van der Waals surface area contributed by atoms with E-state index < -0.39 is 0 Å². The zero-order valence-electron chi connectivity index (χ0n) is 10.4. The highest BCUT2D eigenvalue weighted by molar-refractivity contribution is 5.77. The topological polar surface area (TPSA) is 29.5 Å². The molecule has 88 valence electrons. The standard InChI is InChI=1S/C12H23NO2/c1-12(2,3)8-11(14)13-7-5-6-10(13)9-15-4/h10H,5-9H2,1-4H3/t10-/m1/s1. The van der Waals surface area contributed by atoms with E-state index >= 15 is 0 Å². The smallest absolute Gasteiger partial charge is 0.223 e. The van der Waals surface area contributed by atoms with Gasteiger partial charge in [-0.3, -0.25) is 4.79 Å². The Morgan fingerprint density at radius 1 is 1.47 bits per heavy atom. The molecular weight excluding hydrogens is 190 g/mol. The second kappa shape index (κ2) is 4.97. The summed E-state index contributed by atoms with van der Waals surface area (Å²) in [5.74, 6) is 0.280. The van der Waals surface area contributed by atoms with Crippen LogP contribution in [0.4, 0.5) is 0 Å². The van der Waals surface area contributed by atoms with Crippen LogP contribution in [-0.2, 0) is 9.53 Å². The van der Waals surface area contributed by atoms with Crippen molar-refractivity contribution in [1.82, 2.24) is 4.90 Å². The lowest BCUT2D eigenvalue weighted by Crippen LogP contribution is -2.39. The van der Waals surface area contributed by atoms with E-state index in [2.05, 4.69) is 20.8 Å². The van der Waals surface area contributed by atoms with E-state index in [0.29, 0.717) is 19.1 Å². The first-order valence-corrected chi connectivity index (χ1v) is 5.72. The molecule has 1 saturated heterocycles. The Balaban J connectivity index is 2.51. The molecule has 1 rings (SSSR count). The number of hydrogen-bond donors (Lipinski definition) is 0. The molecule has 0 bridgehead atoms. The Kier molecular flexibility index (Phi) is 4.14. The quantitative estimate of drug-likeness (QED) is 0.718. The summed E-state index contributed by atoms with van der Waals surface area (Å²) in [6.45, 7) is 7.89. The van der Waals surface area contributed by atoms with Gasteiger partial charge in [0.2, 0.25) is 5.91 Å². The van der Waals surface area contributed by atoms with Gasteiger partial charge in [-0.1, -0.05) is 20.8 Å². The van der Waals surface area contributed by atoms with Crippen molar-refractivity contribution in [1.29, 1.82) is 0 Å². The van der Waals surface area contributed by atoms with E-state index in [0.717, 1.165) is 19.4 Å². The van der Waals surface area contributed by atoms with Gasteiger partial charge in [-0.2, -0.15) is 0 Å². The molecule has 3 nitrogen and oxygen atoms in total. The van der Waals surface area contributed by atoms with E-state index in [9.17, 15) is 4.79 Å². The van der Waals surface area contributed by atoms with Crippen LogP contribution in [0.25, 0.3) is 0 Å². The fraction of sp³-hybridized carbons (Fsp3) is 0.917. The summed E-state index contributed by atoms with van der Waals surface area (Å²) in [4.78, 5) is 14.0. The summed E-state index contributed by atoms with van der Waals surface area (Å²) < 4.78 is 5.14. The Morgan fingerprint density at radius 2 is 2.13 bits per heavy atom. The maximum atomic E-state index is 12.0. The number of rotatable bonds is 3. The maximum absolute atomic E-state index is 12.0. The molecule has 0 unspecified atom stereocenters. The van der Waals surface area contributed by atoms with E-state index in [1.54, 1.807) is 7.11 Å². The predicted octanol–water partition coefficient (Wildman–Crippen LogP) is 2.06. The van der Waals surface area contributed by atoms with Gasteiger partial charge in [0.05, 0.1) is 12.6 Å². The van der Waals surface area contributed by atoms with E-state index in [4.69, 9.17) is 4.74 Å². The Bertz CT molecular complexity index is 220. The molecular formula is C12H23NO2. The summed E-state index contributed by atoms with van der Waals surface area (Å²) in [7, 11) is 1.70. The number of hydrogen-bond acceptors (Lipinski definition) is 2. The van der Waals surface area contributed by atoms with Crippen LogP contribution in [0, 0.1) is 5.41 Å². The zero-order valence-corrected chi connectivity index (χ0v) is 10.4. The average molecular weight is 213 g/mol. The molecule has 1 aliphatic rings. The van der Waals surface area contributed by atoms with Crippen molar-refractivity contribution in [2.24, 2.45) is 5.41 Å². The summed E-state index contributed by atoms with van der Waals surface area (Å²) in [6, 6.07) is 0.310. The van der Waals surface area contributed by atoms with Gasteiger partial charge in [0.25, 0.3) is 0 Å². The van der Waals surface area contributed by atoms with Crippen molar-refractivity contribution >= 4 is 5.91 Å². The molecule has 1 atom stereocenters. The zero-order chi connectivity index (χ0) is 11.5. The molecule has 3 heteroatoms. The Morgan fingerprint density at radius 3 is 2.67 bits per heavy atom. The molecule has 1 aliphatic heterocycles. The maximum Gasteiger partial charge on any atom is 0.223 e. The van der Waals surface area contributed by atoms with Gasteiger partial charge in [0.1, 0.15) is 0 Å². The highest BCUT2D eigenvalue weighted by atomic mass is 16.5. The summed E-state index contributed by atoms with van der Waals surface area (Å²) >= 11 is 0. The van der Waals surface area contributed by atoms with Crippen molar-refractivity contribution in [3.05, 3.63) is 0 Å². The highest BCUT2D eigenvalue weighted by Crippen LogP contribution is 2.24. The molecule has 0 aromatic carbocycles. The third-order valence-corrected chi connectivity index (χ3v) is 2.74. The largest absolute Gasteiger partial charge is 0.383 e. The Labute approximate surface area is 92.8 Å². The number of ether oxygens (including phenoxy) is 1. The first kappa shape index (κ1) is 12.5. The average Bonchev–Trinajstić information content (AvgIpc) is 2.49. The number of amides is 1. The van der Waals surface area contributed by atoms with Gasteiger partial charge in [-0.15, -0.1) is 0 Å². The molecule has 1 heterocycles. The normalized spacial score (nSPS) is 22.1. The predicted molar refractivity (Wildman–Crippen MR) is 60.7 cm³/mol. The number of carbonyl (C=O) groups excluding carboxylic acids is 1. The summed E-state index contributed by atoms with van der Waals surface area (Å²) in [6.07, 6.45) is 2.83. The molecule has 1 fully saturated rings. The van der Waals surface area contributed by atoms with Crippen molar-refractivity contribution in [2.75, 3.05) is 20.3 Å². The van der Waals surface area contributed by atoms with Gasteiger partial charge in [-0.05, 0) is 18.3 Å². The van der Waals surface area contributed by atoms with Crippen molar-refractivity contribution in [3.63, 3.8) is 0 Å². The van der Waals surface area contributed by atoms with E-state index in [-0.39, 0.29) is 11.3 Å². The first-order chi connectivity index (χ1) is 6.94. The van der Waals surface area contributed by atoms with Crippen molar-refractivity contribution < 1.29 is 9.53 Å². The SMILES string of the molecule is COC[C@H]1CCCN1C(=O)CC(C)(C)C. The van der Waals surface area contributed by atoms with Gasteiger partial charge in [0.15, 0.2) is 0 Å². The van der Waals surface area contributed by atoms with Crippen LogP contribution < -0.4 is 0 Å². The molecule has 1 amide bonds. The lowest BCUT2D eigenvalue weighted by Gasteiger charge is -2.27. The van der Waals surface area contributed by atoms with E-state index in [1.165, 1.54) is 0 Å². The molecule has 0 aromatic heterocycles. The molecule has 0 radical (unpaired) electrons. The lowest BCUT2D eigenvalue weighted by molar-refractivity contribution is -0.134. The number of methoxy groups -OCH3 is 1. The third-order valence-electron chi connectivity index (χ3n) is 2.74.